The normalized spacial score (nSPS) is 12.6. The average molecular weight is 312 g/mol. The van der Waals surface area contributed by atoms with Crippen LogP contribution in [0.4, 0.5) is 0 Å². The second kappa shape index (κ2) is 7.11. The Labute approximate surface area is 129 Å². The van der Waals surface area contributed by atoms with Gasteiger partial charge in [0.25, 0.3) is 0 Å². The van der Waals surface area contributed by atoms with Crippen LogP contribution in [0.3, 0.4) is 0 Å². The van der Waals surface area contributed by atoms with Crippen molar-refractivity contribution in [1.82, 2.24) is 15.1 Å². The molecule has 0 spiro atoms. The zero-order valence-electron chi connectivity index (χ0n) is 11.7. The number of aryl methyl sites for hydroxylation is 1. The summed E-state index contributed by atoms with van der Waals surface area (Å²) in [5.41, 5.74) is 2.28. The quantitative estimate of drug-likeness (QED) is 0.885. The van der Waals surface area contributed by atoms with Gasteiger partial charge in [-0.1, -0.05) is 36.2 Å². The minimum Gasteiger partial charge on any atom is -0.314 e. The van der Waals surface area contributed by atoms with Crippen LogP contribution in [0.15, 0.2) is 30.5 Å². The van der Waals surface area contributed by atoms with Crippen LogP contribution in [0.5, 0.6) is 0 Å². The summed E-state index contributed by atoms with van der Waals surface area (Å²) in [6.45, 7) is 3.04. The molecule has 2 rings (SSSR count). The smallest absolute Gasteiger partial charge is 0.0640 e. The Hall–Kier alpha value is -1.03. The van der Waals surface area contributed by atoms with Crippen molar-refractivity contribution in [2.24, 2.45) is 7.05 Å². The van der Waals surface area contributed by atoms with E-state index in [1.165, 1.54) is 5.56 Å². The first-order valence-electron chi connectivity index (χ1n) is 6.74. The average Bonchev–Trinajstić information content (AvgIpc) is 2.80. The number of nitrogens with zero attached hydrogens (tertiary/aromatic N) is 2. The summed E-state index contributed by atoms with van der Waals surface area (Å²) in [6, 6.07) is 8.21. The molecule has 1 atom stereocenters. The van der Waals surface area contributed by atoms with Gasteiger partial charge in [0.05, 0.1) is 15.7 Å². The lowest BCUT2D eigenvalue weighted by molar-refractivity contribution is 0.513. The van der Waals surface area contributed by atoms with Crippen molar-refractivity contribution in [3.05, 3.63) is 51.8 Å². The Morgan fingerprint density at radius 3 is 2.60 bits per heavy atom. The van der Waals surface area contributed by atoms with Crippen molar-refractivity contribution in [2.45, 2.75) is 25.8 Å². The molecule has 20 heavy (non-hydrogen) atoms. The molecule has 0 radical (unpaired) electrons. The van der Waals surface area contributed by atoms with Crippen molar-refractivity contribution >= 4 is 23.2 Å². The standard InChI is InChI=1S/C15H19Cl2N3/c1-3-18-13(10-12-6-7-20(2)19-12)8-11-4-5-14(16)15(17)9-11/h4-7,9,13,18H,3,8,10H2,1-2H3. The highest BCUT2D eigenvalue weighted by atomic mass is 35.5. The number of halogens is 2. The fourth-order valence-corrected chi connectivity index (χ4v) is 2.60. The van der Waals surface area contributed by atoms with Gasteiger partial charge in [0.2, 0.25) is 0 Å². The molecule has 1 heterocycles. The van der Waals surface area contributed by atoms with Gasteiger partial charge in [-0.15, -0.1) is 0 Å². The van der Waals surface area contributed by atoms with E-state index >= 15 is 0 Å². The maximum atomic E-state index is 6.07. The van der Waals surface area contributed by atoms with Crippen LogP contribution in [0.1, 0.15) is 18.2 Å². The minimum absolute atomic E-state index is 0.340. The van der Waals surface area contributed by atoms with E-state index in [4.69, 9.17) is 23.2 Å². The van der Waals surface area contributed by atoms with E-state index in [0.29, 0.717) is 16.1 Å². The Morgan fingerprint density at radius 1 is 1.20 bits per heavy atom. The van der Waals surface area contributed by atoms with Gasteiger partial charge in [0, 0.05) is 25.7 Å². The molecule has 0 saturated carbocycles. The number of hydrogen-bond acceptors (Lipinski definition) is 2. The zero-order chi connectivity index (χ0) is 14.5. The predicted octanol–water partition coefficient (Wildman–Crippen LogP) is 3.49. The minimum atomic E-state index is 0.340. The molecule has 0 fully saturated rings. The lowest BCUT2D eigenvalue weighted by Crippen LogP contribution is -2.33. The lowest BCUT2D eigenvalue weighted by Gasteiger charge is -2.17. The van der Waals surface area contributed by atoms with Crippen molar-refractivity contribution in [3.63, 3.8) is 0 Å². The number of hydrogen-bond donors (Lipinski definition) is 1. The topological polar surface area (TPSA) is 29.9 Å². The van der Waals surface area contributed by atoms with Crippen LogP contribution >= 0.6 is 23.2 Å². The van der Waals surface area contributed by atoms with Crippen LogP contribution in [-0.2, 0) is 19.9 Å². The molecular formula is C15H19Cl2N3. The molecule has 0 aliphatic heterocycles. The van der Waals surface area contributed by atoms with E-state index in [-0.39, 0.29) is 0 Å². The van der Waals surface area contributed by atoms with Gasteiger partial charge in [-0.2, -0.15) is 5.10 Å². The van der Waals surface area contributed by atoms with Gasteiger partial charge in [0.15, 0.2) is 0 Å². The van der Waals surface area contributed by atoms with Gasteiger partial charge < -0.3 is 5.32 Å². The van der Waals surface area contributed by atoms with E-state index in [0.717, 1.165) is 25.1 Å². The number of aromatic nitrogens is 2. The highest BCUT2D eigenvalue weighted by Gasteiger charge is 2.12. The summed E-state index contributed by atoms with van der Waals surface area (Å²) in [5.74, 6) is 0. The van der Waals surface area contributed by atoms with Crippen LogP contribution in [0.2, 0.25) is 10.0 Å². The Kier molecular flexibility index (Phi) is 5.46. The van der Waals surface area contributed by atoms with Crippen LogP contribution in [-0.4, -0.2) is 22.4 Å². The van der Waals surface area contributed by atoms with Gasteiger partial charge in [-0.3, -0.25) is 4.68 Å². The first-order valence-corrected chi connectivity index (χ1v) is 7.50. The molecule has 108 valence electrons. The van der Waals surface area contributed by atoms with Gasteiger partial charge in [-0.05, 0) is 36.7 Å². The number of benzene rings is 1. The predicted molar refractivity (Wildman–Crippen MR) is 84.5 cm³/mol. The van der Waals surface area contributed by atoms with E-state index < -0.39 is 0 Å². The molecule has 3 nitrogen and oxygen atoms in total. The molecule has 1 unspecified atom stereocenters. The molecule has 0 bridgehead atoms. The first-order chi connectivity index (χ1) is 9.58. The molecule has 0 aliphatic rings. The first kappa shape index (κ1) is 15.4. The number of nitrogens with one attached hydrogen (secondary N) is 1. The van der Waals surface area contributed by atoms with Crippen molar-refractivity contribution in [1.29, 1.82) is 0 Å². The van der Waals surface area contributed by atoms with E-state index in [1.807, 2.05) is 36.1 Å². The third-order valence-corrected chi connectivity index (χ3v) is 3.92. The molecule has 1 N–H and O–H groups in total. The van der Waals surface area contributed by atoms with E-state index in [1.54, 1.807) is 0 Å². The van der Waals surface area contributed by atoms with Gasteiger partial charge >= 0.3 is 0 Å². The van der Waals surface area contributed by atoms with Crippen LogP contribution < -0.4 is 5.32 Å². The third-order valence-electron chi connectivity index (χ3n) is 3.18. The fraction of sp³-hybridized carbons (Fsp3) is 0.400. The molecule has 1 aromatic carbocycles. The molecule has 2 aromatic rings. The summed E-state index contributed by atoms with van der Waals surface area (Å²) in [5, 5.41) is 9.14. The SMILES string of the molecule is CCNC(Cc1ccc(Cl)c(Cl)c1)Cc1ccn(C)n1. The second-order valence-electron chi connectivity index (χ2n) is 4.89. The molecule has 1 aromatic heterocycles. The molecule has 5 heteroatoms. The van der Waals surface area contributed by atoms with Crippen molar-refractivity contribution in [3.8, 4) is 0 Å². The van der Waals surface area contributed by atoms with E-state index in [2.05, 4.69) is 23.4 Å². The molecule has 0 saturated heterocycles. The zero-order valence-corrected chi connectivity index (χ0v) is 13.2. The largest absolute Gasteiger partial charge is 0.314 e. The molecule has 0 amide bonds. The van der Waals surface area contributed by atoms with E-state index in [9.17, 15) is 0 Å². The monoisotopic (exact) mass is 311 g/mol. The molecular weight excluding hydrogens is 293 g/mol. The summed E-state index contributed by atoms with van der Waals surface area (Å²) in [6.07, 6.45) is 3.77. The van der Waals surface area contributed by atoms with Crippen molar-refractivity contribution < 1.29 is 0 Å². The third kappa shape index (κ3) is 4.23. The Bertz CT molecular complexity index is 566. The lowest BCUT2D eigenvalue weighted by atomic mass is 10.0. The summed E-state index contributed by atoms with van der Waals surface area (Å²) < 4.78 is 1.83. The van der Waals surface area contributed by atoms with Gasteiger partial charge in [0.1, 0.15) is 0 Å². The highest BCUT2D eigenvalue weighted by molar-refractivity contribution is 6.42. The van der Waals surface area contributed by atoms with Gasteiger partial charge in [-0.25, -0.2) is 0 Å². The highest BCUT2D eigenvalue weighted by Crippen LogP contribution is 2.23. The summed E-state index contributed by atoms with van der Waals surface area (Å²) in [7, 11) is 1.94. The Balaban J connectivity index is 2.06. The number of likely N-dealkylation sites (N-methyl/N-ethyl adjacent to an activating group) is 1. The number of rotatable bonds is 6. The fourth-order valence-electron chi connectivity index (χ4n) is 2.28. The maximum Gasteiger partial charge on any atom is 0.0640 e. The summed E-state index contributed by atoms with van der Waals surface area (Å²) >= 11 is 12.0. The van der Waals surface area contributed by atoms with Crippen LogP contribution in [0.25, 0.3) is 0 Å². The maximum absolute atomic E-state index is 6.07. The Morgan fingerprint density at radius 2 is 2.00 bits per heavy atom. The molecule has 0 aliphatic carbocycles. The van der Waals surface area contributed by atoms with Crippen molar-refractivity contribution in [2.75, 3.05) is 6.54 Å². The summed E-state index contributed by atoms with van der Waals surface area (Å²) in [4.78, 5) is 0. The second-order valence-corrected chi connectivity index (χ2v) is 5.71. The van der Waals surface area contributed by atoms with Crippen LogP contribution in [0, 0.1) is 0 Å².